The van der Waals surface area contributed by atoms with Crippen LogP contribution in [0.2, 0.25) is 0 Å². The van der Waals surface area contributed by atoms with Crippen LogP contribution in [0.5, 0.6) is 0 Å². The molecular formula is C14H17N5O2S2. The summed E-state index contributed by atoms with van der Waals surface area (Å²) >= 11 is 3.10. The first-order valence-corrected chi connectivity index (χ1v) is 9.40. The fraction of sp³-hybridized carbons (Fsp3) is 0.571. The number of ether oxygens (including phenoxy) is 1. The molecule has 2 atom stereocenters. The van der Waals surface area contributed by atoms with Crippen LogP contribution >= 0.6 is 23.1 Å². The van der Waals surface area contributed by atoms with Crippen LogP contribution in [-0.4, -0.2) is 55.7 Å². The maximum absolute atomic E-state index is 12.4. The molecule has 4 heterocycles. The van der Waals surface area contributed by atoms with Gasteiger partial charge in [0.1, 0.15) is 0 Å². The van der Waals surface area contributed by atoms with Crippen molar-refractivity contribution in [2.75, 3.05) is 18.8 Å². The van der Waals surface area contributed by atoms with Gasteiger partial charge < -0.3 is 9.64 Å². The molecule has 0 radical (unpaired) electrons. The monoisotopic (exact) mass is 351 g/mol. The minimum atomic E-state index is 0.00834. The Labute approximate surface area is 142 Å². The normalized spacial score (nSPS) is 23.4. The van der Waals surface area contributed by atoms with Crippen molar-refractivity contribution in [3.8, 4) is 0 Å². The Morgan fingerprint density at radius 3 is 3.30 bits per heavy atom. The second kappa shape index (κ2) is 6.21. The van der Waals surface area contributed by atoms with E-state index in [2.05, 4.69) is 15.3 Å². The van der Waals surface area contributed by atoms with Crippen molar-refractivity contribution >= 4 is 29.0 Å². The van der Waals surface area contributed by atoms with Gasteiger partial charge in [0.25, 0.3) is 0 Å². The molecule has 122 valence electrons. The van der Waals surface area contributed by atoms with Crippen molar-refractivity contribution in [3.05, 3.63) is 23.0 Å². The summed E-state index contributed by atoms with van der Waals surface area (Å²) in [6.07, 6.45) is 2.61. The summed E-state index contributed by atoms with van der Waals surface area (Å²) in [5.74, 6) is 0.577. The lowest BCUT2D eigenvalue weighted by atomic mass is 10.0. The zero-order valence-electron chi connectivity index (χ0n) is 12.7. The molecule has 1 saturated heterocycles. The molecule has 2 aromatic heterocycles. The Morgan fingerprint density at radius 2 is 2.48 bits per heavy atom. The van der Waals surface area contributed by atoms with Crippen molar-refractivity contribution in [2.45, 2.75) is 36.4 Å². The number of hydrogen-bond acceptors (Lipinski definition) is 7. The van der Waals surface area contributed by atoms with Gasteiger partial charge in [-0.1, -0.05) is 17.0 Å². The van der Waals surface area contributed by atoms with Crippen molar-refractivity contribution in [3.63, 3.8) is 0 Å². The van der Waals surface area contributed by atoms with Gasteiger partial charge in [-0.15, -0.1) is 16.4 Å². The molecule has 0 unspecified atom stereocenters. The molecule has 0 bridgehead atoms. The summed E-state index contributed by atoms with van der Waals surface area (Å²) in [5, 5.41) is 10.1. The fourth-order valence-corrected chi connectivity index (χ4v) is 4.78. The Balaban J connectivity index is 1.36. The van der Waals surface area contributed by atoms with Crippen LogP contribution in [0.4, 0.5) is 0 Å². The van der Waals surface area contributed by atoms with E-state index in [1.807, 2.05) is 21.9 Å². The van der Waals surface area contributed by atoms with Gasteiger partial charge in [-0.05, 0) is 13.3 Å². The number of thiazole rings is 1. The SMILES string of the molecule is Cc1csc(SCC(=O)N2CC[C@H]3[C@H](C2)OCc2cnnn23)n1. The third kappa shape index (κ3) is 3.00. The van der Waals surface area contributed by atoms with E-state index in [4.69, 9.17) is 4.74 Å². The first-order chi connectivity index (χ1) is 11.2. The highest BCUT2D eigenvalue weighted by Crippen LogP contribution is 2.31. The second-order valence-corrected chi connectivity index (χ2v) is 7.84. The van der Waals surface area contributed by atoms with E-state index in [0.29, 0.717) is 18.9 Å². The van der Waals surface area contributed by atoms with Gasteiger partial charge in [0.05, 0.1) is 36.4 Å². The molecule has 1 fully saturated rings. The molecule has 2 aromatic rings. The van der Waals surface area contributed by atoms with Gasteiger partial charge in [0.15, 0.2) is 4.34 Å². The van der Waals surface area contributed by atoms with Gasteiger partial charge >= 0.3 is 0 Å². The third-order valence-electron chi connectivity index (χ3n) is 4.20. The Bertz CT molecular complexity index is 716. The largest absolute Gasteiger partial charge is 0.368 e. The smallest absolute Gasteiger partial charge is 0.233 e. The maximum atomic E-state index is 12.4. The van der Waals surface area contributed by atoms with Crippen LogP contribution in [-0.2, 0) is 16.1 Å². The number of carbonyl (C=O) groups excluding carboxylic acids is 1. The summed E-state index contributed by atoms with van der Waals surface area (Å²) < 4.78 is 8.81. The predicted molar refractivity (Wildman–Crippen MR) is 86.4 cm³/mol. The molecule has 2 aliphatic rings. The number of hydrogen-bond donors (Lipinski definition) is 0. The average Bonchev–Trinajstić information content (AvgIpc) is 3.20. The zero-order valence-corrected chi connectivity index (χ0v) is 14.3. The summed E-state index contributed by atoms with van der Waals surface area (Å²) in [6, 6.07) is 0.194. The molecule has 0 spiro atoms. The number of amides is 1. The van der Waals surface area contributed by atoms with Gasteiger partial charge in [-0.2, -0.15) is 0 Å². The van der Waals surface area contributed by atoms with Crippen molar-refractivity contribution < 1.29 is 9.53 Å². The highest BCUT2D eigenvalue weighted by atomic mass is 32.2. The minimum Gasteiger partial charge on any atom is -0.368 e. The van der Waals surface area contributed by atoms with Crippen molar-refractivity contribution in [1.82, 2.24) is 24.9 Å². The quantitative estimate of drug-likeness (QED) is 0.781. The van der Waals surface area contributed by atoms with Gasteiger partial charge in [0.2, 0.25) is 5.91 Å². The van der Waals surface area contributed by atoms with Crippen LogP contribution in [0.15, 0.2) is 15.9 Å². The highest BCUT2D eigenvalue weighted by Gasteiger charge is 2.37. The number of nitrogens with zero attached hydrogens (tertiary/aromatic N) is 5. The number of likely N-dealkylation sites (tertiary alicyclic amines) is 1. The number of thioether (sulfide) groups is 1. The molecule has 0 saturated carbocycles. The number of piperidine rings is 1. The van der Waals surface area contributed by atoms with E-state index in [0.717, 1.165) is 28.7 Å². The molecule has 4 rings (SSSR count). The molecule has 0 aliphatic carbocycles. The lowest BCUT2D eigenvalue weighted by Crippen LogP contribution is -2.50. The van der Waals surface area contributed by atoms with Crippen LogP contribution < -0.4 is 0 Å². The van der Waals surface area contributed by atoms with E-state index in [1.54, 1.807) is 17.5 Å². The third-order valence-corrected chi connectivity index (χ3v) is 6.33. The van der Waals surface area contributed by atoms with E-state index in [-0.39, 0.29) is 18.1 Å². The van der Waals surface area contributed by atoms with Crippen LogP contribution in [0, 0.1) is 6.92 Å². The fourth-order valence-electron chi connectivity index (χ4n) is 3.03. The van der Waals surface area contributed by atoms with Gasteiger partial charge in [0, 0.05) is 24.2 Å². The van der Waals surface area contributed by atoms with Gasteiger partial charge in [-0.3, -0.25) is 4.79 Å². The Kier molecular flexibility index (Phi) is 4.08. The predicted octanol–water partition coefficient (Wildman–Crippen LogP) is 1.51. The van der Waals surface area contributed by atoms with Crippen LogP contribution in [0.1, 0.15) is 23.9 Å². The lowest BCUT2D eigenvalue weighted by Gasteiger charge is -2.40. The van der Waals surface area contributed by atoms with E-state index in [9.17, 15) is 4.79 Å². The summed E-state index contributed by atoms with van der Waals surface area (Å²) in [7, 11) is 0. The molecule has 2 aliphatic heterocycles. The second-order valence-electron chi connectivity index (χ2n) is 5.76. The van der Waals surface area contributed by atoms with E-state index in [1.165, 1.54) is 11.8 Å². The molecule has 0 aromatic carbocycles. The molecule has 7 nitrogen and oxygen atoms in total. The van der Waals surface area contributed by atoms with E-state index >= 15 is 0 Å². The summed E-state index contributed by atoms with van der Waals surface area (Å²) in [4.78, 5) is 18.7. The minimum absolute atomic E-state index is 0.00834. The first kappa shape index (κ1) is 15.1. The Hall–Kier alpha value is -1.45. The zero-order chi connectivity index (χ0) is 15.8. The number of aryl methyl sites for hydroxylation is 1. The lowest BCUT2D eigenvalue weighted by molar-refractivity contribution is -0.136. The van der Waals surface area contributed by atoms with Crippen molar-refractivity contribution in [2.24, 2.45) is 0 Å². The summed E-state index contributed by atoms with van der Waals surface area (Å²) in [5.41, 5.74) is 2.02. The van der Waals surface area contributed by atoms with Crippen molar-refractivity contribution in [1.29, 1.82) is 0 Å². The maximum Gasteiger partial charge on any atom is 0.233 e. The molecule has 9 heteroatoms. The highest BCUT2D eigenvalue weighted by molar-refractivity contribution is 8.01. The first-order valence-electron chi connectivity index (χ1n) is 7.54. The summed E-state index contributed by atoms with van der Waals surface area (Å²) in [6.45, 7) is 3.84. The van der Waals surface area contributed by atoms with Gasteiger partial charge in [-0.25, -0.2) is 9.67 Å². The van der Waals surface area contributed by atoms with Crippen LogP contribution in [0.3, 0.4) is 0 Å². The molecule has 0 N–H and O–H groups in total. The average molecular weight is 351 g/mol. The number of carbonyl (C=O) groups is 1. The number of fused-ring (bicyclic) bond motifs is 3. The molecule has 23 heavy (non-hydrogen) atoms. The standard InChI is InChI=1S/C14H17N5O2S2/c1-9-7-22-14(16-9)23-8-13(20)18-3-2-11-12(5-18)21-6-10-4-15-17-19(10)11/h4,7,11-12H,2-3,5-6,8H2,1H3/t11-,12-/m0/s1. The Morgan fingerprint density at radius 1 is 1.57 bits per heavy atom. The van der Waals surface area contributed by atoms with Crippen LogP contribution in [0.25, 0.3) is 0 Å². The topological polar surface area (TPSA) is 73.1 Å². The number of aromatic nitrogens is 4. The number of rotatable bonds is 3. The van der Waals surface area contributed by atoms with E-state index < -0.39 is 0 Å². The molecular weight excluding hydrogens is 334 g/mol. The molecule has 1 amide bonds.